The molecular formula is C13H16N2O3. The molecule has 1 aliphatic carbocycles. The third-order valence-electron chi connectivity index (χ3n) is 2.79. The predicted octanol–water partition coefficient (Wildman–Crippen LogP) is 1.47. The van der Waals surface area contributed by atoms with Crippen LogP contribution in [0.2, 0.25) is 0 Å². The van der Waals surface area contributed by atoms with E-state index < -0.39 is 5.97 Å². The molecule has 3 N–H and O–H groups in total. The fourth-order valence-corrected chi connectivity index (χ4v) is 1.67. The van der Waals surface area contributed by atoms with Gasteiger partial charge in [-0.25, -0.2) is 4.79 Å². The molecule has 5 nitrogen and oxygen atoms in total. The standard InChI is InChI=1S/C13H16N2O3/c16-12(7-8-14-9-5-6-9)15-11-4-2-1-3-10(11)13(17)18/h1-4,9,14H,5-8H2,(H,15,16)(H,17,18). The van der Waals surface area contributed by atoms with Crippen molar-refractivity contribution in [3.63, 3.8) is 0 Å². The highest BCUT2D eigenvalue weighted by molar-refractivity contribution is 6.00. The lowest BCUT2D eigenvalue weighted by molar-refractivity contribution is -0.116. The zero-order valence-electron chi connectivity index (χ0n) is 9.98. The summed E-state index contributed by atoms with van der Waals surface area (Å²) in [6.45, 7) is 0.631. The van der Waals surface area contributed by atoms with E-state index in [1.54, 1.807) is 18.2 Å². The van der Waals surface area contributed by atoms with Crippen LogP contribution in [0.4, 0.5) is 5.69 Å². The number of carbonyl (C=O) groups is 2. The molecule has 0 bridgehead atoms. The van der Waals surface area contributed by atoms with E-state index in [9.17, 15) is 9.59 Å². The van der Waals surface area contributed by atoms with Gasteiger partial charge in [0, 0.05) is 19.0 Å². The van der Waals surface area contributed by atoms with E-state index >= 15 is 0 Å². The summed E-state index contributed by atoms with van der Waals surface area (Å²) >= 11 is 0. The molecule has 0 aromatic heterocycles. The highest BCUT2D eigenvalue weighted by Gasteiger charge is 2.20. The van der Waals surface area contributed by atoms with Crippen LogP contribution in [0.15, 0.2) is 24.3 Å². The summed E-state index contributed by atoms with van der Waals surface area (Å²) in [7, 11) is 0. The van der Waals surface area contributed by atoms with Gasteiger partial charge in [0.25, 0.3) is 0 Å². The zero-order chi connectivity index (χ0) is 13.0. The van der Waals surface area contributed by atoms with Crippen molar-refractivity contribution in [3.8, 4) is 0 Å². The monoisotopic (exact) mass is 248 g/mol. The molecular weight excluding hydrogens is 232 g/mol. The molecule has 0 spiro atoms. The maximum Gasteiger partial charge on any atom is 0.337 e. The molecule has 5 heteroatoms. The van der Waals surface area contributed by atoms with Gasteiger partial charge in [0.05, 0.1) is 11.3 Å². The Balaban J connectivity index is 1.87. The average molecular weight is 248 g/mol. The van der Waals surface area contributed by atoms with Crippen LogP contribution in [0.25, 0.3) is 0 Å². The van der Waals surface area contributed by atoms with Gasteiger partial charge in [0.1, 0.15) is 0 Å². The van der Waals surface area contributed by atoms with E-state index in [1.807, 2.05) is 0 Å². The minimum atomic E-state index is -1.04. The van der Waals surface area contributed by atoms with Gasteiger partial charge in [0.15, 0.2) is 0 Å². The first-order valence-corrected chi connectivity index (χ1v) is 6.02. The smallest absolute Gasteiger partial charge is 0.337 e. The van der Waals surface area contributed by atoms with Crippen molar-refractivity contribution in [3.05, 3.63) is 29.8 Å². The van der Waals surface area contributed by atoms with Crippen LogP contribution in [0.1, 0.15) is 29.6 Å². The third-order valence-corrected chi connectivity index (χ3v) is 2.79. The normalized spacial score (nSPS) is 14.2. The van der Waals surface area contributed by atoms with Gasteiger partial charge in [-0.2, -0.15) is 0 Å². The summed E-state index contributed by atoms with van der Waals surface area (Å²) in [5.41, 5.74) is 0.461. The molecule has 0 aliphatic heterocycles. The predicted molar refractivity (Wildman–Crippen MR) is 67.7 cm³/mol. The van der Waals surface area contributed by atoms with Gasteiger partial charge in [-0.1, -0.05) is 12.1 Å². The van der Waals surface area contributed by atoms with E-state index in [2.05, 4.69) is 10.6 Å². The average Bonchev–Trinajstić information content (AvgIpc) is 3.13. The van der Waals surface area contributed by atoms with E-state index in [4.69, 9.17) is 5.11 Å². The van der Waals surface area contributed by atoms with E-state index in [0.717, 1.165) is 0 Å². The van der Waals surface area contributed by atoms with Crippen LogP contribution in [0.5, 0.6) is 0 Å². The van der Waals surface area contributed by atoms with Crippen molar-refractivity contribution in [2.24, 2.45) is 0 Å². The second kappa shape index (κ2) is 5.64. The number of rotatable bonds is 6. The van der Waals surface area contributed by atoms with Crippen molar-refractivity contribution in [2.75, 3.05) is 11.9 Å². The first-order valence-electron chi connectivity index (χ1n) is 6.02. The van der Waals surface area contributed by atoms with Crippen molar-refractivity contribution in [1.82, 2.24) is 5.32 Å². The van der Waals surface area contributed by atoms with Crippen LogP contribution in [-0.4, -0.2) is 29.6 Å². The number of aromatic carboxylic acids is 1. The fraction of sp³-hybridized carbons (Fsp3) is 0.385. The summed E-state index contributed by atoms with van der Waals surface area (Å²) in [6, 6.07) is 6.97. The first-order chi connectivity index (χ1) is 8.66. The number of anilines is 1. The molecule has 2 rings (SSSR count). The molecule has 1 aliphatic rings. The Hall–Kier alpha value is -1.88. The topological polar surface area (TPSA) is 78.4 Å². The summed E-state index contributed by atoms with van der Waals surface area (Å²) in [5.74, 6) is -1.21. The molecule has 1 fully saturated rings. The molecule has 1 aromatic carbocycles. The van der Waals surface area contributed by atoms with Gasteiger partial charge in [0.2, 0.25) is 5.91 Å². The molecule has 0 unspecified atom stereocenters. The van der Waals surface area contributed by atoms with Crippen LogP contribution in [0.3, 0.4) is 0 Å². The van der Waals surface area contributed by atoms with E-state index in [0.29, 0.717) is 24.7 Å². The highest BCUT2D eigenvalue weighted by atomic mass is 16.4. The summed E-state index contributed by atoms with van der Waals surface area (Å²) in [6.07, 6.45) is 2.72. The molecule has 0 heterocycles. The summed E-state index contributed by atoms with van der Waals surface area (Å²) < 4.78 is 0. The maximum atomic E-state index is 11.6. The largest absolute Gasteiger partial charge is 0.478 e. The summed E-state index contributed by atoms with van der Waals surface area (Å²) in [5, 5.41) is 14.8. The quantitative estimate of drug-likeness (QED) is 0.712. The Morgan fingerprint density at radius 3 is 2.67 bits per heavy atom. The van der Waals surface area contributed by atoms with Gasteiger partial charge in [-0.3, -0.25) is 4.79 Å². The Morgan fingerprint density at radius 1 is 1.28 bits per heavy atom. The molecule has 1 saturated carbocycles. The molecule has 18 heavy (non-hydrogen) atoms. The van der Waals surface area contributed by atoms with Gasteiger partial charge < -0.3 is 15.7 Å². The number of hydrogen-bond donors (Lipinski definition) is 3. The lowest BCUT2D eigenvalue weighted by atomic mass is 10.2. The Kier molecular flexibility index (Phi) is 3.94. The van der Waals surface area contributed by atoms with Crippen molar-refractivity contribution in [1.29, 1.82) is 0 Å². The number of nitrogens with one attached hydrogen (secondary N) is 2. The van der Waals surface area contributed by atoms with E-state index in [1.165, 1.54) is 18.9 Å². The number of hydrogen-bond acceptors (Lipinski definition) is 3. The number of carbonyl (C=O) groups excluding carboxylic acids is 1. The number of amides is 1. The van der Waals surface area contributed by atoms with Crippen molar-refractivity contribution < 1.29 is 14.7 Å². The van der Waals surface area contributed by atoms with Gasteiger partial charge >= 0.3 is 5.97 Å². The minimum Gasteiger partial charge on any atom is -0.478 e. The number of para-hydroxylation sites is 1. The molecule has 1 amide bonds. The first kappa shape index (κ1) is 12.6. The number of carboxylic acid groups (broad SMARTS) is 1. The van der Waals surface area contributed by atoms with Crippen molar-refractivity contribution >= 4 is 17.6 Å². The fourth-order valence-electron chi connectivity index (χ4n) is 1.67. The Labute approximate surface area is 105 Å². The number of carboxylic acids is 1. The van der Waals surface area contributed by atoms with Crippen LogP contribution >= 0.6 is 0 Å². The lowest BCUT2D eigenvalue weighted by Crippen LogP contribution is -2.23. The summed E-state index contributed by atoms with van der Waals surface area (Å²) in [4.78, 5) is 22.6. The Morgan fingerprint density at radius 2 is 2.00 bits per heavy atom. The third kappa shape index (κ3) is 3.56. The molecule has 0 radical (unpaired) electrons. The minimum absolute atomic E-state index is 0.112. The van der Waals surface area contributed by atoms with Crippen LogP contribution in [-0.2, 0) is 4.79 Å². The molecule has 1 aromatic rings. The van der Waals surface area contributed by atoms with Crippen LogP contribution in [0, 0.1) is 0 Å². The van der Waals surface area contributed by atoms with Gasteiger partial charge in [-0.05, 0) is 25.0 Å². The number of benzene rings is 1. The lowest BCUT2D eigenvalue weighted by Gasteiger charge is -2.08. The second-order valence-corrected chi connectivity index (χ2v) is 4.38. The Bertz CT molecular complexity index is 455. The maximum absolute atomic E-state index is 11.6. The molecule has 96 valence electrons. The molecule has 0 saturated heterocycles. The molecule has 0 atom stereocenters. The second-order valence-electron chi connectivity index (χ2n) is 4.38. The highest BCUT2D eigenvalue weighted by Crippen LogP contribution is 2.18. The van der Waals surface area contributed by atoms with Crippen molar-refractivity contribution in [2.45, 2.75) is 25.3 Å². The van der Waals surface area contributed by atoms with Crippen LogP contribution < -0.4 is 10.6 Å². The SMILES string of the molecule is O=C(CCNC1CC1)Nc1ccccc1C(=O)O. The van der Waals surface area contributed by atoms with Gasteiger partial charge in [-0.15, -0.1) is 0 Å². The zero-order valence-corrected chi connectivity index (χ0v) is 9.98. The van der Waals surface area contributed by atoms with E-state index in [-0.39, 0.29) is 11.5 Å².